The Hall–Kier alpha value is -0.530. The van der Waals surface area contributed by atoms with Crippen molar-refractivity contribution in [2.75, 3.05) is 0 Å². The van der Waals surface area contributed by atoms with E-state index in [1.54, 1.807) is 0 Å². The zero-order valence-electron chi connectivity index (χ0n) is 7.51. The van der Waals surface area contributed by atoms with Crippen molar-refractivity contribution in [3.05, 3.63) is 0 Å². The van der Waals surface area contributed by atoms with Gasteiger partial charge in [-0.15, -0.1) is 0 Å². The summed E-state index contributed by atoms with van der Waals surface area (Å²) in [6.07, 6.45) is 6.50. The van der Waals surface area contributed by atoms with Gasteiger partial charge in [-0.05, 0) is 24.7 Å². The van der Waals surface area contributed by atoms with Crippen LogP contribution in [-0.4, -0.2) is 12.4 Å². The largest absolute Gasteiger partial charge is 0.390 e. The fourth-order valence-electron chi connectivity index (χ4n) is 1.91. The van der Waals surface area contributed by atoms with E-state index in [2.05, 4.69) is 18.8 Å². The average Bonchev–Trinajstić information content (AvgIpc) is 1.85. The van der Waals surface area contributed by atoms with Crippen LogP contribution in [0.2, 0.25) is 0 Å². The lowest BCUT2D eigenvalue weighted by atomic mass is 9.75. The minimum Gasteiger partial charge on any atom is -0.390 e. The molecule has 0 aliphatic heterocycles. The summed E-state index contributed by atoms with van der Waals surface area (Å²) in [5, 5.41) is 0. The molecule has 1 aliphatic rings. The van der Waals surface area contributed by atoms with Crippen LogP contribution in [-0.2, 0) is 0 Å². The Morgan fingerprint density at radius 1 is 1.50 bits per heavy atom. The Balaban J connectivity index is 0.00000121. The van der Waals surface area contributed by atoms with Gasteiger partial charge in [-0.1, -0.05) is 27.7 Å². The quantitative estimate of drug-likeness (QED) is 0.476. The first-order chi connectivity index (χ1) is 5.14. The van der Waals surface area contributed by atoms with Crippen molar-refractivity contribution >= 4 is 6.34 Å². The van der Waals surface area contributed by atoms with E-state index in [0.717, 1.165) is 0 Å². The molecule has 0 aromatic heterocycles. The third-order valence-corrected chi connectivity index (χ3v) is 2.48. The minimum absolute atomic E-state index is 0. The molecule has 0 aromatic carbocycles. The van der Waals surface area contributed by atoms with Crippen molar-refractivity contribution in [3.63, 3.8) is 0 Å². The van der Waals surface area contributed by atoms with Gasteiger partial charge in [0.15, 0.2) is 0 Å². The van der Waals surface area contributed by atoms with Gasteiger partial charge in [0, 0.05) is 0 Å². The van der Waals surface area contributed by atoms with Gasteiger partial charge in [0.05, 0.1) is 12.4 Å². The highest BCUT2D eigenvalue weighted by Gasteiger charge is 2.26. The molecule has 1 saturated carbocycles. The van der Waals surface area contributed by atoms with Gasteiger partial charge in [0.2, 0.25) is 0 Å². The lowest BCUT2D eigenvalue weighted by molar-refractivity contribution is 0.222. The molecule has 1 unspecified atom stereocenters. The van der Waals surface area contributed by atoms with E-state index in [1.165, 1.54) is 32.0 Å². The highest BCUT2D eigenvalue weighted by atomic mass is 14.8. The molecule has 1 atom stereocenters. The van der Waals surface area contributed by atoms with E-state index >= 15 is 0 Å². The van der Waals surface area contributed by atoms with Crippen LogP contribution < -0.4 is 5.73 Å². The summed E-state index contributed by atoms with van der Waals surface area (Å²) in [5.74, 6) is 0. The molecule has 0 aromatic rings. The van der Waals surface area contributed by atoms with Crippen LogP contribution in [0, 0.1) is 5.41 Å². The Kier molecular flexibility index (Phi) is 4.29. The van der Waals surface area contributed by atoms with Crippen LogP contribution in [0.15, 0.2) is 4.99 Å². The van der Waals surface area contributed by atoms with Crippen LogP contribution >= 0.6 is 0 Å². The topological polar surface area (TPSA) is 38.4 Å². The van der Waals surface area contributed by atoms with E-state index in [9.17, 15) is 0 Å². The first-order valence-corrected chi connectivity index (χ1v) is 4.37. The normalized spacial score (nSPS) is 28.3. The van der Waals surface area contributed by atoms with Crippen LogP contribution in [0.3, 0.4) is 0 Å². The molecule has 0 saturated heterocycles. The third-order valence-electron chi connectivity index (χ3n) is 2.48. The van der Waals surface area contributed by atoms with Gasteiger partial charge in [-0.3, -0.25) is 4.99 Å². The van der Waals surface area contributed by atoms with E-state index in [0.29, 0.717) is 11.5 Å². The predicted octanol–water partition coefficient (Wildman–Crippen LogP) is 2.58. The fraction of sp³-hybridized carbons (Fsp3) is 0.900. The molecule has 1 aliphatic carbocycles. The average molecular weight is 170 g/mol. The standard InChI is InChI=1S/C9H18N2.CH4/c1-9(2)5-3-4-8(6-9)11-7-10;/h7-8H,3-6H2,1-2H3,(H2,10,11);1H4. The molecule has 1 rings (SSSR count). The molecule has 12 heavy (non-hydrogen) atoms. The third kappa shape index (κ3) is 3.24. The van der Waals surface area contributed by atoms with Gasteiger partial charge in [0.1, 0.15) is 0 Å². The van der Waals surface area contributed by atoms with E-state index in [4.69, 9.17) is 5.73 Å². The second-order valence-electron chi connectivity index (χ2n) is 4.21. The van der Waals surface area contributed by atoms with Crippen molar-refractivity contribution in [2.24, 2.45) is 16.1 Å². The number of nitrogens with zero attached hydrogens (tertiary/aromatic N) is 1. The summed E-state index contributed by atoms with van der Waals surface area (Å²) in [5.41, 5.74) is 5.74. The summed E-state index contributed by atoms with van der Waals surface area (Å²) in [6.45, 7) is 4.62. The molecule has 0 bridgehead atoms. The van der Waals surface area contributed by atoms with Crippen LogP contribution in [0.5, 0.6) is 0 Å². The SMILES string of the molecule is C.CC1(C)CCCC(N=CN)C1. The fourth-order valence-corrected chi connectivity index (χ4v) is 1.91. The van der Waals surface area contributed by atoms with E-state index < -0.39 is 0 Å². The molecule has 0 heterocycles. The summed E-state index contributed by atoms with van der Waals surface area (Å²) in [7, 11) is 0. The summed E-state index contributed by atoms with van der Waals surface area (Å²) < 4.78 is 0. The molecular formula is C10H22N2. The van der Waals surface area contributed by atoms with Crippen molar-refractivity contribution in [2.45, 2.75) is 53.0 Å². The Morgan fingerprint density at radius 2 is 2.17 bits per heavy atom. The number of nitrogens with two attached hydrogens (primary N) is 1. The summed E-state index contributed by atoms with van der Waals surface area (Å²) in [4.78, 5) is 4.23. The predicted molar refractivity (Wildman–Crippen MR) is 55.4 cm³/mol. The molecule has 2 nitrogen and oxygen atoms in total. The Labute approximate surface area is 76.3 Å². The first kappa shape index (κ1) is 11.5. The summed E-state index contributed by atoms with van der Waals surface area (Å²) >= 11 is 0. The molecule has 2 heteroatoms. The molecule has 72 valence electrons. The van der Waals surface area contributed by atoms with Crippen LogP contribution in [0.25, 0.3) is 0 Å². The number of rotatable bonds is 1. The zero-order chi connectivity index (χ0) is 8.32. The smallest absolute Gasteiger partial charge is 0.0801 e. The zero-order valence-corrected chi connectivity index (χ0v) is 7.51. The molecule has 0 radical (unpaired) electrons. The monoisotopic (exact) mass is 170 g/mol. The summed E-state index contributed by atoms with van der Waals surface area (Å²) in [6, 6.07) is 0.490. The maximum atomic E-state index is 5.26. The van der Waals surface area contributed by atoms with Crippen molar-refractivity contribution in [1.82, 2.24) is 0 Å². The number of hydrogen-bond acceptors (Lipinski definition) is 1. The molecular weight excluding hydrogens is 148 g/mol. The van der Waals surface area contributed by atoms with Crippen molar-refractivity contribution in [3.8, 4) is 0 Å². The highest BCUT2D eigenvalue weighted by molar-refractivity contribution is 5.51. The lowest BCUT2D eigenvalue weighted by Crippen LogP contribution is -2.25. The minimum atomic E-state index is 0. The van der Waals surface area contributed by atoms with E-state index in [1.807, 2.05) is 0 Å². The van der Waals surface area contributed by atoms with Gasteiger partial charge >= 0.3 is 0 Å². The van der Waals surface area contributed by atoms with Gasteiger partial charge in [-0.25, -0.2) is 0 Å². The molecule has 0 spiro atoms. The van der Waals surface area contributed by atoms with Gasteiger partial charge in [-0.2, -0.15) is 0 Å². The maximum Gasteiger partial charge on any atom is 0.0801 e. The molecule has 1 fully saturated rings. The molecule has 2 N–H and O–H groups in total. The molecule has 0 amide bonds. The maximum absolute atomic E-state index is 5.26. The number of hydrogen-bond donors (Lipinski definition) is 1. The first-order valence-electron chi connectivity index (χ1n) is 4.37. The second-order valence-corrected chi connectivity index (χ2v) is 4.21. The van der Waals surface area contributed by atoms with Gasteiger partial charge < -0.3 is 5.73 Å². The lowest BCUT2D eigenvalue weighted by Gasteiger charge is -2.33. The second kappa shape index (κ2) is 4.48. The van der Waals surface area contributed by atoms with Crippen LogP contribution in [0.4, 0.5) is 0 Å². The Morgan fingerprint density at radius 3 is 2.67 bits per heavy atom. The van der Waals surface area contributed by atoms with Crippen molar-refractivity contribution < 1.29 is 0 Å². The van der Waals surface area contributed by atoms with Crippen molar-refractivity contribution in [1.29, 1.82) is 0 Å². The highest BCUT2D eigenvalue weighted by Crippen LogP contribution is 2.36. The van der Waals surface area contributed by atoms with Crippen LogP contribution in [0.1, 0.15) is 47.0 Å². The van der Waals surface area contributed by atoms with Gasteiger partial charge in [0.25, 0.3) is 0 Å². The Bertz CT molecular complexity index is 150. The number of aliphatic imine (C=N–C) groups is 1. The van der Waals surface area contributed by atoms with E-state index in [-0.39, 0.29) is 7.43 Å².